The van der Waals surface area contributed by atoms with Crippen molar-refractivity contribution in [2.45, 2.75) is 25.2 Å². The summed E-state index contributed by atoms with van der Waals surface area (Å²) in [4.78, 5) is 13.7. The molecule has 1 amide bonds. The first kappa shape index (κ1) is 14.0. The van der Waals surface area contributed by atoms with Crippen LogP contribution >= 0.6 is 15.9 Å². The monoisotopic (exact) mass is 295 g/mol. The Morgan fingerprint density at radius 1 is 1.41 bits per heavy atom. The summed E-state index contributed by atoms with van der Waals surface area (Å²) in [5, 5.41) is 0. The van der Waals surface area contributed by atoms with Gasteiger partial charge in [-0.2, -0.15) is 0 Å². The zero-order valence-corrected chi connectivity index (χ0v) is 11.9. The SMILES string of the molecule is C=C(C)CN(Cc1ccccc1)C(=O)C(C)Br. The summed E-state index contributed by atoms with van der Waals surface area (Å²) in [6.45, 7) is 8.88. The molecule has 0 aliphatic heterocycles. The third-order valence-corrected chi connectivity index (χ3v) is 2.72. The van der Waals surface area contributed by atoms with Gasteiger partial charge >= 0.3 is 0 Å². The highest BCUT2D eigenvalue weighted by molar-refractivity contribution is 9.10. The Labute approximate surface area is 111 Å². The van der Waals surface area contributed by atoms with Gasteiger partial charge in [0.1, 0.15) is 0 Å². The fourth-order valence-electron chi connectivity index (χ4n) is 1.59. The molecule has 0 N–H and O–H groups in total. The van der Waals surface area contributed by atoms with Gasteiger partial charge in [-0.3, -0.25) is 4.79 Å². The molecule has 0 aromatic heterocycles. The zero-order chi connectivity index (χ0) is 12.8. The van der Waals surface area contributed by atoms with Crippen molar-refractivity contribution in [1.29, 1.82) is 0 Å². The summed E-state index contributed by atoms with van der Waals surface area (Å²) >= 11 is 3.32. The van der Waals surface area contributed by atoms with Gasteiger partial charge in [-0.25, -0.2) is 0 Å². The minimum absolute atomic E-state index is 0.0943. The van der Waals surface area contributed by atoms with Crippen LogP contribution in [0, 0.1) is 0 Å². The van der Waals surface area contributed by atoms with Crippen molar-refractivity contribution in [3.63, 3.8) is 0 Å². The molecule has 17 heavy (non-hydrogen) atoms. The van der Waals surface area contributed by atoms with E-state index >= 15 is 0 Å². The van der Waals surface area contributed by atoms with Crippen LogP contribution in [0.4, 0.5) is 0 Å². The average molecular weight is 296 g/mol. The molecule has 1 atom stereocenters. The molecule has 0 aliphatic rings. The van der Waals surface area contributed by atoms with Gasteiger partial charge < -0.3 is 4.90 Å². The van der Waals surface area contributed by atoms with E-state index in [0.29, 0.717) is 13.1 Å². The molecule has 92 valence electrons. The number of hydrogen-bond donors (Lipinski definition) is 0. The number of carbonyl (C=O) groups is 1. The molecule has 0 radical (unpaired) electrons. The van der Waals surface area contributed by atoms with E-state index in [0.717, 1.165) is 11.1 Å². The maximum absolute atomic E-state index is 12.0. The van der Waals surface area contributed by atoms with E-state index in [1.165, 1.54) is 0 Å². The summed E-state index contributed by atoms with van der Waals surface area (Å²) in [7, 11) is 0. The molecule has 1 aromatic rings. The molecule has 3 heteroatoms. The van der Waals surface area contributed by atoms with Crippen LogP contribution in [0.15, 0.2) is 42.5 Å². The third-order valence-electron chi connectivity index (χ3n) is 2.33. The fourth-order valence-corrected chi connectivity index (χ4v) is 1.88. The number of carbonyl (C=O) groups excluding carboxylic acids is 1. The second-order valence-corrected chi connectivity index (χ2v) is 5.63. The summed E-state index contributed by atoms with van der Waals surface area (Å²) in [5.41, 5.74) is 2.12. The van der Waals surface area contributed by atoms with Crippen LogP contribution in [-0.4, -0.2) is 22.2 Å². The molecule has 0 bridgehead atoms. The molecule has 0 fully saturated rings. The van der Waals surface area contributed by atoms with E-state index in [-0.39, 0.29) is 10.7 Å². The second-order valence-electron chi connectivity index (χ2n) is 4.25. The topological polar surface area (TPSA) is 20.3 Å². The van der Waals surface area contributed by atoms with Crippen LogP contribution in [0.5, 0.6) is 0 Å². The van der Waals surface area contributed by atoms with Crippen LogP contribution in [0.1, 0.15) is 19.4 Å². The highest BCUT2D eigenvalue weighted by Crippen LogP contribution is 2.11. The van der Waals surface area contributed by atoms with Gasteiger partial charge in [0.2, 0.25) is 5.91 Å². The predicted molar refractivity (Wildman–Crippen MR) is 75.1 cm³/mol. The maximum Gasteiger partial charge on any atom is 0.236 e. The van der Waals surface area contributed by atoms with Crippen LogP contribution < -0.4 is 0 Å². The van der Waals surface area contributed by atoms with Crippen LogP contribution in [-0.2, 0) is 11.3 Å². The Morgan fingerprint density at radius 2 is 2.00 bits per heavy atom. The van der Waals surface area contributed by atoms with E-state index in [9.17, 15) is 4.79 Å². The number of amides is 1. The lowest BCUT2D eigenvalue weighted by atomic mass is 10.2. The molecule has 1 rings (SSSR count). The first-order valence-electron chi connectivity index (χ1n) is 5.62. The average Bonchev–Trinajstić information content (AvgIpc) is 2.28. The minimum Gasteiger partial charge on any atom is -0.333 e. The molecule has 0 spiro atoms. The van der Waals surface area contributed by atoms with E-state index in [1.54, 1.807) is 0 Å². The largest absolute Gasteiger partial charge is 0.333 e. The van der Waals surface area contributed by atoms with Gasteiger partial charge in [0.25, 0.3) is 0 Å². The van der Waals surface area contributed by atoms with Crippen molar-refractivity contribution in [3.8, 4) is 0 Å². The van der Waals surface area contributed by atoms with Crippen LogP contribution in [0.2, 0.25) is 0 Å². The van der Waals surface area contributed by atoms with Crippen molar-refractivity contribution in [2.75, 3.05) is 6.54 Å². The lowest BCUT2D eigenvalue weighted by Gasteiger charge is -2.24. The lowest BCUT2D eigenvalue weighted by Crippen LogP contribution is -2.36. The van der Waals surface area contributed by atoms with Crippen molar-refractivity contribution >= 4 is 21.8 Å². The summed E-state index contributed by atoms with van der Waals surface area (Å²) < 4.78 is 0. The fraction of sp³-hybridized carbons (Fsp3) is 0.357. The lowest BCUT2D eigenvalue weighted by molar-refractivity contribution is -0.130. The number of alkyl halides is 1. The molecule has 1 unspecified atom stereocenters. The number of hydrogen-bond acceptors (Lipinski definition) is 1. The van der Waals surface area contributed by atoms with Crippen molar-refractivity contribution in [3.05, 3.63) is 48.0 Å². The van der Waals surface area contributed by atoms with Crippen LogP contribution in [0.25, 0.3) is 0 Å². The molecule has 0 aliphatic carbocycles. The number of benzene rings is 1. The van der Waals surface area contributed by atoms with Crippen molar-refractivity contribution in [1.82, 2.24) is 4.90 Å². The Bertz CT molecular complexity index is 386. The van der Waals surface area contributed by atoms with Gasteiger partial charge in [-0.1, -0.05) is 58.4 Å². The predicted octanol–water partition coefficient (Wildman–Crippen LogP) is 3.37. The Morgan fingerprint density at radius 3 is 2.47 bits per heavy atom. The summed E-state index contributed by atoms with van der Waals surface area (Å²) in [5.74, 6) is 0.0943. The number of halogens is 1. The highest BCUT2D eigenvalue weighted by atomic mass is 79.9. The van der Waals surface area contributed by atoms with E-state index in [4.69, 9.17) is 0 Å². The molecule has 0 saturated heterocycles. The minimum atomic E-state index is -0.162. The molecule has 0 saturated carbocycles. The Kier molecular flexibility index (Phi) is 5.42. The van der Waals surface area contributed by atoms with Crippen molar-refractivity contribution in [2.24, 2.45) is 0 Å². The van der Waals surface area contributed by atoms with Gasteiger partial charge in [-0.05, 0) is 19.4 Å². The second kappa shape index (κ2) is 6.60. The summed E-state index contributed by atoms with van der Waals surface area (Å²) in [6, 6.07) is 9.99. The quantitative estimate of drug-likeness (QED) is 0.602. The normalized spacial score (nSPS) is 11.9. The maximum atomic E-state index is 12.0. The molecule has 0 heterocycles. The van der Waals surface area contributed by atoms with Crippen molar-refractivity contribution < 1.29 is 4.79 Å². The van der Waals surface area contributed by atoms with Crippen LogP contribution in [0.3, 0.4) is 0 Å². The highest BCUT2D eigenvalue weighted by Gasteiger charge is 2.18. The van der Waals surface area contributed by atoms with Gasteiger partial charge in [0.15, 0.2) is 0 Å². The molecule has 1 aromatic carbocycles. The van der Waals surface area contributed by atoms with E-state index in [2.05, 4.69) is 22.5 Å². The molecular formula is C14H18BrNO. The Balaban J connectivity index is 2.77. The number of nitrogens with zero attached hydrogens (tertiary/aromatic N) is 1. The molecular weight excluding hydrogens is 278 g/mol. The van der Waals surface area contributed by atoms with E-state index in [1.807, 2.05) is 49.1 Å². The summed E-state index contributed by atoms with van der Waals surface area (Å²) in [6.07, 6.45) is 0. The standard InChI is InChI=1S/C14H18BrNO/c1-11(2)9-16(14(17)12(3)15)10-13-7-5-4-6-8-13/h4-8,12H,1,9-10H2,2-3H3. The van der Waals surface area contributed by atoms with Gasteiger partial charge in [0, 0.05) is 13.1 Å². The van der Waals surface area contributed by atoms with Gasteiger partial charge in [0.05, 0.1) is 4.83 Å². The first-order valence-corrected chi connectivity index (χ1v) is 6.53. The number of rotatable bonds is 5. The smallest absolute Gasteiger partial charge is 0.236 e. The first-order chi connectivity index (χ1) is 8.00. The third kappa shape index (κ3) is 4.73. The van der Waals surface area contributed by atoms with Gasteiger partial charge in [-0.15, -0.1) is 0 Å². The zero-order valence-electron chi connectivity index (χ0n) is 10.3. The molecule has 2 nitrogen and oxygen atoms in total. The Hall–Kier alpha value is -1.09. The van der Waals surface area contributed by atoms with E-state index < -0.39 is 0 Å².